The molecular weight excluding hydrogens is 246 g/mol. The second kappa shape index (κ2) is 4.52. The van der Waals surface area contributed by atoms with E-state index < -0.39 is 0 Å². The van der Waals surface area contributed by atoms with Crippen LogP contribution in [0.15, 0.2) is 18.6 Å². The molecule has 4 aliphatic rings. The summed E-state index contributed by atoms with van der Waals surface area (Å²) in [5.41, 5.74) is 7.37. The van der Waals surface area contributed by atoms with Gasteiger partial charge in [-0.05, 0) is 61.7 Å². The van der Waals surface area contributed by atoms with Crippen LogP contribution in [-0.2, 0) is 5.41 Å². The summed E-state index contributed by atoms with van der Waals surface area (Å²) in [7, 11) is 0. The van der Waals surface area contributed by atoms with Crippen molar-refractivity contribution in [1.82, 2.24) is 9.97 Å². The zero-order valence-electron chi connectivity index (χ0n) is 12.3. The van der Waals surface area contributed by atoms with Crippen LogP contribution >= 0.6 is 0 Å². The summed E-state index contributed by atoms with van der Waals surface area (Å²) in [6.45, 7) is 3.03. The molecule has 4 saturated carbocycles. The molecule has 0 aliphatic heterocycles. The molecule has 2 N–H and O–H groups in total. The van der Waals surface area contributed by atoms with E-state index in [2.05, 4.69) is 16.9 Å². The van der Waals surface area contributed by atoms with E-state index in [0.29, 0.717) is 6.54 Å². The first-order chi connectivity index (χ1) is 9.70. The number of nitrogens with two attached hydrogens (primary N) is 1. The second-order valence-electron chi connectivity index (χ2n) is 7.67. The summed E-state index contributed by atoms with van der Waals surface area (Å²) in [6, 6.07) is 0. The molecule has 1 aromatic rings. The molecule has 108 valence electrons. The summed E-state index contributed by atoms with van der Waals surface area (Å²) in [6.07, 6.45) is 12.8. The van der Waals surface area contributed by atoms with E-state index in [0.717, 1.165) is 35.3 Å². The van der Waals surface area contributed by atoms with Crippen LogP contribution in [0.25, 0.3) is 0 Å². The van der Waals surface area contributed by atoms with Crippen molar-refractivity contribution in [1.29, 1.82) is 0 Å². The average Bonchev–Trinajstić information content (AvgIpc) is 2.46. The number of aromatic nitrogens is 2. The molecule has 4 aliphatic carbocycles. The maximum Gasteiger partial charge on any atom is 0.0661 e. The van der Waals surface area contributed by atoms with E-state index in [9.17, 15) is 0 Å². The highest BCUT2D eigenvalue weighted by atomic mass is 14.8. The Morgan fingerprint density at radius 3 is 2.25 bits per heavy atom. The third-order valence-electron chi connectivity index (χ3n) is 6.53. The molecule has 1 unspecified atom stereocenters. The molecule has 0 aromatic carbocycles. The fourth-order valence-electron chi connectivity index (χ4n) is 5.97. The van der Waals surface area contributed by atoms with Gasteiger partial charge in [0.15, 0.2) is 0 Å². The Morgan fingerprint density at radius 2 is 1.75 bits per heavy atom. The van der Waals surface area contributed by atoms with Gasteiger partial charge in [-0.3, -0.25) is 9.97 Å². The van der Waals surface area contributed by atoms with Crippen molar-refractivity contribution in [3.05, 3.63) is 24.3 Å². The van der Waals surface area contributed by atoms with Crippen molar-refractivity contribution < 1.29 is 0 Å². The van der Waals surface area contributed by atoms with Gasteiger partial charge in [0.25, 0.3) is 0 Å². The summed E-state index contributed by atoms with van der Waals surface area (Å²) < 4.78 is 0. The maximum atomic E-state index is 6.25. The minimum Gasteiger partial charge on any atom is -0.330 e. The van der Waals surface area contributed by atoms with Gasteiger partial charge in [0.05, 0.1) is 5.69 Å². The maximum absolute atomic E-state index is 6.25. The number of hydrogen-bond acceptors (Lipinski definition) is 3. The highest BCUT2D eigenvalue weighted by molar-refractivity contribution is 5.19. The Labute approximate surface area is 121 Å². The Kier molecular flexibility index (Phi) is 2.88. The summed E-state index contributed by atoms with van der Waals surface area (Å²) >= 11 is 0. The monoisotopic (exact) mass is 271 g/mol. The number of rotatable bonds is 3. The van der Waals surface area contributed by atoms with Crippen LogP contribution in [0.4, 0.5) is 0 Å². The van der Waals surface area contributed by atoms with E-state index in [-0.39, 0.29) is 5.41 Å². The molecule has 0 saturated heterocycles. The predicted octanol–water partition coefficient (Wildman–Crippen LogP) is 2.77. The van der Waals surface area contributed by atoms with Crippen LogP contribution in [0.5, 0.6) is 0 Å². The van der Waals surface area contributed by atoms with Gasteiger partial charge in [0.1, 0.15) is 0 Å². The molecule has 4 fully saturated rings. The first-order valence-corrected chi connectivity index (χ1v) is 8.17. The number of nitrogens with zero attached hydrogens (tertiary/aromatic N) is 2. The molecule has 4 bridgehead atoms. The van der Waals surface area contributed by atoms with Crippen LogP contribution in [0, 0.1) is 29.6 Å². The van der Waals surface area contributed by atoms with Crippen molar-refractivity contribution in [2.75, 3.05) is 6.54 Å². The highest BCUT2D eigenvalue weighted by Crippen LogP contribution is 2.60. The first-order valence-electron chi connectivity index (χ1n) is 8.17. The largest absolute Gasteiger partial charge is 0.330 e. The predicted molar refractivity (Wildman–Crippen MR) is 79.0 cm³/mol. The van der Waals surface area contributed by atoms with Gasteiger partial charge in [-0.25, -0.2) is 0 Å². The van der Waals surface area contributed by atoms with Crippen molar-refractivity contribution in [3.8, 4) is 0 Å². The third-order valence-corrected chi connectivity index (χ3v) is 6.53. The van der Waals surface area contributed by atoms with Crippen LogP contribution in [0.2, 0.25) is 0 Å². The van der Waals surface area contributed by atoms with E-state index >= 15 is 0 Å². The summed E-state index contributed by atoms with van der Waals surface area (Å²) in [5, 5.41) is 0. The molecule has 20 heavy (non-hydrogen) atoms. The first kappa shape index (κ1) is 12.8. The normalized spacial score (nSPS) is 41.6. The molecule has 1 heterocycles. The van der Waals surface area contributed by atoms with Crippen LogP contribution < -0.4 is 5.73 Å². The molecule has 0 radical (unpaired) electrons. The van der Waals surface area contributed by atoms with E-state index in [1.54, 1.807) is 6.20 Å². The van der Waals surface area contributed by atoms with Crippen LogP contribution in [-0.4, -0.2) is 16.5 Å². The molecule has 5 rings (SSSR count). The minimum absolute atomic E-state index is 0.0108. The lowest BCUT2D eigenvalue weighted by Crippen LogP contribution is -2.55. The van der Waals surface area contributed by atoms with Gasteiger partial charge < -0.3 is 5.73 Å². The molecule has 0 amide bonds. The fourth-order valence-corrected chi connectivity index (χ4v) is 5.97. The Morgan fingerprint density at radius 1 is 1.10 bits per heavy atom. The van der Waals surface area contributed by atoms with Crippen molar-refractivity contribution in [2.45, 2.75) is 44.4 Å². The van der Waals surface area contributed by atoms with E-state index in [4.69, 9.17) is 5.73 Å². The fraction of sp³-hybridized carbons (Fsp3) is 0.765. The Bertz CT molecular complexity index is 458. The van der Waals surface area contributed by atoms with Gasteiger partial charge in [0, 0.05) is 30.6 Å². The SMILES string of the molecule is CC(CN)(c1cnccn1)C1C2CC3CC(C2)CC1C3. The van der Waals surface area contributed by atoms with Crippen molar-refractivity contribution >= 4 is 0 Å². The van der Waals surface area contributed by atoms with Gasteiger partial charge in [-0.15, -0.1) is 0 Å². The van der Waals surface area contributed by atoms with Crippen LogP contribution in [0.1, 0.15) is 44.7 Å². The summed E-state index contributed by atoms with van der Waals surface area (Å²) in [4.78, 5) is 8.91. The topological polar surface area (TPSA) is 51.8 Å². The molecule has 3 nitrogen and oxygen atoms in total. The van der Waals surface area contributed by atoms with Gasteiger partial charge in [0.2, 0.25) is 0 Å². The van der Waals surface area contributed by atoms with Crippen LogP contribution in [0.3, 0.4) is 0 Å². The standard InChI is InChI=1S/C17H25N3/c1-17(10-18,15-9-19-2-3-20-15)16-13-5-11-4-12(7-13)8-14(16)6-11/h2-3,9,11-14,16H,4-8,10,18H2,1H3. The lowest BCUT2D eigenvalue weighted by atomic mass is 9.46. The van der Waals surface area contributed by atoms with Gasteiger partial charge in [-0.1, -0.05) is 6.92 Å². The average molecular weight is 271 g/mol. The summed E-state index contributed by atoms with van der Waals surface area (Å²) in [5.74, 6) is 4.50. The molecular formula is C17H25N3. The van der Waals surface area contributed by atoms with Crippen molar-refractivity contribution in [2.24, 2.45) is 35.3 Å². The zero-order valence-corrected chi connectivity index (χ0v) is 12.3. The molecule has 1 aromatic heterocycles. The minimum atomic E-state index is 0.0108. The molecule has 0 spiro atoms. The second-order valence-corrected chi connectivity index (χ2v) is 7.67. The zero-order chi connectivity index (χ0) is 13.7. The highest BCUT2D eigenvalue weighted by Gasteiger charge is 2.54. The quantitative estimate of drug-likeness (QED) is 0.919. The van der Waals surface area contributed by atoms with E-state index in [1.807, 2.05) is 12.4 Å². The third kappa shape index (κ3) is 1.75. The lowest BCUT2D eigenvalue weighted by Gasteiger charge is -2.59. The lowest BCUT2D eigenvalue weighted by molar-refractivity contribution is -0.0678. The number of hydrogen-bond donors (Lipinski definition) is 1. The Hall–Kier alpha value is -0.960. The van der Waals surface area contributed by atoms with E-state index in [1.165, 1.54) is 32.1 Å². The van der Waals surface area contributed by atoms with Gasteiger partial charge >= 0.3 is 0 Å². The van der Waals surface area contributed by atoms with Gasteiger partial charge in [-0.2, -0.15) is 0 Å². The van der Waals surface area contributed by atoms with Crippen molar-refractivity contribution in [3.63, 3.8) is 0 Å². The molecule has 3 heteroatoms. The smallest absolute Gasteiger partial charge is 0.0661 e. The molecule has 1 atom stereocenters. The Balaban J connectivity index is 1.71.